The molecule has 2 aromatic carbocycles. The standard InChI is InChI=1S/C23H22N2O6S/c1-13-5-3-4-6-16(13)31-17(11-14-7-9-15(30-2)10-8-14)21(27)24-22-20(23(28)29)25-18(26)12-19(25)32-22/h3-10,17,19H,11-12H2,1-2H3,(H,24,27)(H,28,29)/t17?,19-/m1/s1. The fraction of sp³-hybridized carbons (Fsp3) is 0.261. The van der Waals surface area contributed by atoms with Gasteiger partial charge in [0.1, 0.15) is 16.5 Å². The van der Waals surface area contributed by atoms with Gasteiger partial charge in [0.15, 0.2) is 11.8 Å². The van der Waals surface area contributed by atoms with E-state index >= 15 is 0 Å². The van der Waals surface area contributed by atoms with Crippen molar-refractivity contribution in [3.8, 4) is 11.5 Å². The zero-order valence-corrected chi connectivity index (χ0v) is 18.3. The fourth-order valence-corrected chi connectivity index (χ4v) is 4.82. The Morgan fingerprint density at radius 2 is 1.94 bits per heavy atom. The number of benzene rings is 2. The number of carboxylic acid groups (broad SMARTS) is 1. The number of nitrogens with zero attached hydrogens (tertiary/aromatic N) is 1. The molecular formula is C23H22N2O6S. The third-order valence-corrected chi connectivity index (χ3v) is 6.47. The predicted octanol–water partition coefficient (Wildman–Crippen LogP) is 2.67. The number of amides is 2. The summed E-state index contributed by atoms with van der Waals surface area (Å²) in [6.07, 6.45) is -0.413. The molecule has 0 spiro atoms. The molecule has 166 valence electrons. The number of carbonyl (C=O) groups excluding carboxylic acids is 2. The number of fused-ring (bicyclic) bond motifs is 1. The minimum absolute atomic E-state index is 0.159. The van der Waals surface area contributed by atoms with Crippen molar-refractivity contribution >= 4 is 29.5 Å². The first-order valence-corrected chi connectivity index (χ1v) is 10.9. The molecule has 2 aliphatic rings. The summed E-state index contributed by atoms with van der Waals surface area (Å²) in [5, 5.41) is 12.1. The lowest BCUT2D eigenvalue weighted by atomic mass is 10.1. The quantitative estimate of drug-likeness (QED) is 0.591. The Morgan fingerprint density at radius 1 is 1.22 bits per heavy atom. The maximum Gasteiger partial charge on any atom is 0.355 e. The Balaban J connectivity index is 1.58. The zero-order chi connectivity index (χ0) is 22.8. The van der Waals surface area contributed by atoms with Crippen LogP contribution in [0, 0.1) is 6.92 Å². The van der Waals surface area contributed by atoms with Crippen molar-refractivity contribution in [3.63, 3.8) is 0 Å². The first kappa shape index (κ1) is 21.8. The lowest BCUT2D eigenvalue weighted by molar-refractivity contribution is -0.145. The normalized spacial score (nSPS) is 18.0. The van der Waals surface area contributed by atoms with Crippen molar-refractivity contribution in [1.29, 1.82) is 0 Å². The Morgan fingerprint density at radius 3 is 2.56 bits per heavy atom. The SMILES string of the molecule is COc1ccc(CC(Oc2ccccc2C)C(=O)NC2=C(C(=O)O)N3C(=O)C[C@H]3S2)cc1. The molecule has 9 heteroatoms. The van der Waals surface area contributed by atoms with Crippen LogP contribution in [0.1, 0.15) is 17.5 Å². The fourth-order valence-electron chi connectivity index (χ4n) is 3.54. The zero-order valence-electron chi connectivity index (χ0n) is 17.5. The van der Waals surface area contributed by atoms with E-state index in [4.69, 9.17) is 9.47 Å². The van der Waals surface area contributed by atoms with Crippen LogP contribution in [0.15, 0.2) is 59.3 Å². The summed E-state index contributed by atoms with van der Waals surface area (Å²) in [5.74, 6) is -0.751. The van der Waals surface area contributed by atoms with Crippen molar-refractivity contribution < 1.29 is 29.0 Å². The van der Waals surface area contributed by atoms with Gasteiger partial charge in [0.2, 0.25) is 5.91 Å². The lowest BCUT2D eigenvalue weighted by Gasteiger charge is -2.33. The monoisotopic (exact) mass is 454 g/mol. The summed E-state index contributed by atoms with van der Waals surface area (Å²) >= 11 is 1.17. The summed E-state index contributed by atoms with van der Waals surface area (Å²) in [5.41, 5.74) is 1.53. The minimum atomic E-state index is -1.25. The Hall–Kier alpha value is -3.46. The van der Waals surface area contributed by atoms with Crippen molar-refractivity contribution in [3.05, 3.63) is 70.4 Å². The van der Waals surface area contributed by atoms with Gasteiger partial charge in [0, 0.05) is 6.42 Å². The topological polar surface area (TPSA) is 105 Å². The van der Waals surface area contributed by atoms with Crippen LogP contribution in [-0.4, -0.2) is 46.4 Å². The second kappa shape index (κ2) is 8.96. The molecule has 2 heterocycles. The van der Waals surface area contributed by atoms with Gasteiger partial charge in [0.25, 0.3) is 5.91 Å². The Kier molecular flexibility index (Phi) is 6.09. The van der Waals surface area contributed by atoms with Gasteiger partial charge >= 0.3 is 5.97 Å². The number of hydrogen-bond donors (Lipinski definition) is 2. The maximum absolute atomic E-state index is 13.2. The van der Waals surface area contributed by atoms with E-state index in [9.17, 15) is 19.5 Å². The van der Waals surface area contributed by atoms with E-state index in [0.717, 1.165) is 11.1 Å². The van der Waals surface area contributed by atoms with Crippen LogP contribution in [0.4, 0.5) is 0 Å². The molecule has 0 saturated carbocycles. The smallest absolute Gasteiger partial charge is 0.355 e. The molecule has 2 aromatic rings. The van der Waals surface area contributed by atoms with Crippen molar-refractivity contribution in [2.24, 2.45) is 0 Å². The molecular weight excluding hydrogens is 432 g/mol. The van der Waals surface area contributed by atoms with Gasteiger partial charge < -0.3 is 19.9 Å². The molecule has 8 nitrogen and oxygen atoms in total. The van der Waals surface area contributed by atoms with Crippen LogP contribution in [0.3, 0.4) is 0 Å². The van der Waals surface area contributed by atoms with E-state index in [0.29, 0.717) is 11.5 Å². The molecule has 2 amide bonds. The number of aliphatic carboxylic acids is 1. The summed E-state index contributed by atoms with van der Waals surface area (Å²) < 4.78 is 11.2. The van der Waals surface area contributed by atoms with E-state index in [1.54, 1.807) is 25.3 Å². The molecule has 2 atom stereocenters. The first-order valence-electron chi connectivity index (χ1n) is 9.99. The average molecular weight is 455 g/mol. The molecule has 2 aliphatic heterocycles. The summed E-state index contributed by atoms with van der Waals surface area (Å²) in [4.78, 5) is 38.0. The number of aryl methyl sites for hydroxylation is 1. The molecule has 2 N–H and O–H groups in total. The highest BCUT2D eigenvalue weighted by atomic mass is 32.2. The highest BCUT2D eigenvalue weighted by Gasteiger charge is 2.49. The van der Waals surface area contributed by atoms with Gasteiger partial charge in [-0.05, 0) is 36.2 Å². The minimum Gasteiger partial charge on any atom is -0.497 e. The number of hydrogen-bond acceptors (Lipinski definition) is 6. The molecule has 1 fully saturated rings. The van der Waals surface area contributed by atoms with Crippen LogP contribution in [0.5, 0.6) is 11.5 Å². The van der Waals surface area contributed by atoms with Crippen LogP contribution >= 0.6 is 11.8 Å². The van der Waals surface area contributed by atoms with Gasteiger partial charge in [-0.2, -0.15) is 0 Å². The highest BCUT2D eigenvalue weighted by molar-refractivity contribution is 8.04. The Labute approximate surface area is 189 Å². The number of carboxylic acids is 1. The van der Waals surface area contributed by atoms with E-state index in [2.05, 4.69) is 5.32 Å². The number of β-lactam (4-membered cyclic amide) rings is 1. The molecule has 32 heavy (non-hydrogen) atoms. The molecule has 0 bridgehead atoms. The number of methoxy groups -OCH3 is 1. The van der Waals surface area contributed by atoms with Gasteiger partial charge in [-0.1, -0.05) is 42.1 Å². The van der Waals surface area contributed by atoms with Gasteiger partial charge in [-0.25, -0.2) is 4.79 Å². The van der Waals surface area contributed by atoms with Crippen molar-refractivity contribution in [2.75, 3.05) is 7.11 Å². The molecule has 1 saturated heterocycles. The number of rotatable bonds is 8. The van der Waals surface area contributed by atoms with Crippen molar-refractivity contribution in [1.82, 2.24) is 10.2 Å². The third-order valence-electron chi connectivity index (χ3n) is 5.29. The number of thioether (sulfide) groups is 1. The summed E-state index contributed by atoms with van der Waals surface area (Å²) in [7, 11) is 1.58. The number of nitrogens with one attached hydrogen (secondary N) is 1. The summed E-state index contributed by atoms with van der Waals surface area (Å²) in [6.45, 7) is 1.88. The van der Waals surface area contributed by atoms with E-state index in [1.807, 2.05) is 37.3 Å². The number of carbonyl (C=O) groups is 3. The molecule has 0 aliphatic carbocycles. The third kappa shape index (κ3) is 4.29. The number of para-hydroxylation sites is 1. The molecule has 0 aromatic heterocycles. The molecule has 4 rings (SSSR count). The number of ether oxygens (including phenoxy) is 2. The Bertz CT molecular complexity index is 1100. The first-order chi connectivity index (χ1) is 15.4. The van der Waals surface area contributed by atoms with Crippen LogP contribution in [0.2, 0.25) is 0 Å². The van der Waals surface area contributed by atoms with Crippen LogP contribution in [0.25, 0.3) is 0 Å². The van der Waals surface area contributed by atoms with E-state index in [1.165, 1.54) is 16.7 Å². The van der Waals surface area contributed by atoms with E-state index in [-0.39, 0.29) is 34.8 Å². The second-order valence-corrected chi connectivity index (χ2v) is 8.62. The van der Waals surface area contributed by atoms with Crippen molar-refractivity contribution in [2.45, 2.75) is 31.2 Å². The van der Waals surface area contributed by atoms with Crippen LogP contribution < -0.4 is 14.8 Å². The van der Waals surface area contributed by atoms with Gasteiger partial charge in [-0.15, -0.1) is 0 Å². The maximum atomic E-state index is 13.2. The molecule has 1 unspecified atom stereocenters. The largest absolute Gasteiger partial charge is 0.497 e. The van der Waals surface area contributed by atoms with E-state index < -0.39 is 18.0 Å². The molecule has 0 radical (unpaired) electrons. The van der Waals surface area contributed by atoms with Crippen LogP contribution in [-0.2, 0) is 20.8 Å². The highest BCUT2D eigenvalue weighted by Crippen LogP contribution is 2.44. The predicted molar refractivity (Wildman–Crippen MR) is 118 cm³/mol. The van der Waals surface area contributed by atoms with Gasteiger partial charge in [-0.3, -0.25) is 14.5 Å². The van der Waals surface area contributed by atoms with Gasteiger partial charge in [0.05, 0.1) is 18.9 Å². The summed E-state index contributed by atoms with van der Waals surface area (Å²) in [6, 6.07) is 14.6. The average Bonchev–Trinajstić information content (AvgIpc) is 3.07. The second-order valence-electron chi connectivity index (χ2n) is 7.44. The lowest BCUT2D eigenvalue weighted by Crippen LogP contribution is -2.48.